The Balaban J connectivity index is 1.47. The molecule has 32 heavy (non-hydrogen) atoms. The molecule has 4 nitrogen and oxygen atoms in total. The number of anilines is 1. The molecule has 4 aromatic rings. The highest BCUT2D eigenvalue weighted by Crippen LogP contribution is 2.30. The number of rotatable bonds is 6. The monoisotopic (exact) mass is 454 g/mol. The van der Waals surface area contributed by atoms with Gasteiger partial charge < -0.3 is 9.64 Å². The number of hydrogen-bond donors (Lipinski definition) is 0. The average molecular weight is 454 g/mol. The van der Waals surface area contributed by atoms with E-state index < -0.39 is 17.5 Å². The summed E-state index contributed by atoms with van der Waals surface area (Å²) in [6.07, 6.45) is 0. The molecule has 0 fully saturated rings. The first-order valence-corrected chi connectivity index (χ1v) is 10.5. The van der Waals surface area contributed by atoms with Crippen LogP contribution in [0.15, 0.2) is 72.1 Å². The number of thiazole rings is 1. The molecule has 1 heterocycles. The molecule has 0 unspecified atom stereocenters. The minimum Gasteiger partial charge on any atom is -0.489 e. The third-order valence-electron chi connectivity index (χ3n) is 4.73. The van der Waals surface area contributed by atoms with Crippen LogP contribution in [0, 0.1) is 17.5 Å². The van der Waals surface area contributed by atoms with Crippen LogP contribution in [0.2, 0.25) is 0 Å². The number of halogens is 3. The quantitative estimate of drug-likeness (QED) is 0.354. The summed E-state index contributed by atoms with van der Waals surface area (Å²) < 4.78 is 46.5. The molecule has 3 aromatic carbocycles. The van der Waals surface area contributed by atoms with Crippen molar-refractivity contribution in [2.45, 2.75) is 6.61 Å². The van der Waals surface area contributed by atoms with E-state index in [1.54, 1.807) is 18.5 Å². The van der Waals surface area contributed by atoms with Crippen LogP contribution in [0.3, 0.4) is 0 Å². The van der Waals surface area contributed by atoms with Crippen molar-refractivity contribution in [1.82, 2.24) is 4.98 Å². The molecule has 8 heteroatoms. The molecule has 0 N–H and O–H groups in total. The van der Waals surface area contributed by atoms with Crippen LogP contribution < -0.4 is 9.64 Å². The molecule has 1 amide bonds. The Labute approximate surface area is 186 Å². The van der Waals surface area contributed by atoms with Gasteiger partial charge in [0.05, 0.1) is 0 Å². The van der Waals surface area contributed by atoms with E-state index in [1.165, 1.54) is 23.1 Å². The van der Waals surface area contributed by atoms with Gasteiger partial charge in [-0.3, -0.25) is 4.79 Å². The Morgan fingerprint density at radius 2 is 1.75 bits per heavy atom. The third kappa shape index (κ3) is 4.65. The first-order valence-electron chi connectivity index (χ1n) is 9.57. The lowest BCUT2D eigenvalue weighted by Crippen LogP contribution is -2.26. The van der Waals surface area contributed by atoms with Crippen LogP contribution in [0.4, 0.5) is 18.9 Å². The molecule has 0 aliphatic heterocycles. The van der Waals surface area contributed by atoms with Crippen LogP contribution in [-0.4, -0.2) is 17.9 Å². The molecule has 0 aliphatic rings. The Kier molecular flexibility index (Phi) is 6.23. The summed E-state index contributed by atoms with van der Waals surface area (Å²) >= 11 is 1.16. The summed E-state index contributed by atoms with van der Waals surface area (Å²) in [5.74, 6) is -2.56. The van der Waals surface area contributed by atoms with Gasteiger partial charge in [-0.1, -0.05) is 24.3 Å². The van der Waals surface area contributed by atoms with Crippen LogP contribution in [0.1, 0.15) is 16.1 Å². The Morgan fingerprint density at radius 1 is 0.969 bits per heavy atom. The lowest BCUT2D eigenvalue weighted by atomic mass is 10.2. The van der Waals surface area contributed by atoms with Crippen LogP contribution in [-0.2, 0) is 6.61 Å². The number of hydrogen-bond acceptors (Lipinski definition) is 4. The zero-order valence-corrected chi connectivity index (χ0v) is 17.7. The smallest absolute Gasteiger partial charge is 0.277 e. The van der Waals surface area contributed by atoms with E-state index in [4.69, 9.17) is 4.74 Å². The second-order valence-electron chi connectivity index (χ2n) is 6.92. The van der Waals surface area contributed by atoms with Crippen molar-refractivity contribution in [2.24, 2.45) is 0 Å². The predicted octanol–water partition coefficient (Wildman–Crippen LogP) is 6.08. The van der Waals surface area contributed by atoms with Gasteiger partial charge in [0.2, 0.25) is 0 Å². The summed E-state index contributed by atoms with van der Waals surface area (Å²) in [6, 6.07) is 16.8. The maximum absolute atomic E-state index is 14.7. The van der Waals surface area contributed by atoms with Crippen molar-refractivity contribution in [3.63, 3.8) is 0 Å². The van der Waals surface area contributed by atoms with Crippen molar-refractivity contribution < 1.29 is 22.7 Å². The van der Waals surface area contributed by atoms with E-state index in [0.717, 1.165) is 29.2 Å². The standard InChI is InChI=1S/C24H17F3N2O2S/c1-29(16-5-3-2-4-6-16)24(30)22-14-32-23(28-22)18-9-8-17(12-20(18)26)31-13-15-7-10-19(25)21(27)11-15/h2-12,14H,13H2,1H3. The number of amides is 1. The number of carbonyl (C=O) groups is 1. The first-order chi connectivity index (χ1) is 15.4. The fourth-order valence-electron chi connectivity index (χ4n) is 2.99. The van der Waals surface area contributed by atoms with Crippen molar-refractivity contribution in [3.05, 3.63) is 101 Å². The molecule has 0 saturated heterocycles. The zero-order chi connectivity index (χ0) is 22.7. The number of benzene rings is 3. The SMILES string of the molecule is CN(C(=O)c1csc(-c2ccc(OCc3ccc(F)c(F)c3)cc2F)n1)c1ccccc1. The fraction of sp³-hybridized carbons (Fsp3) is 0.0833. The van der Waals surface area contributed by atoms with Crippen LogP contribution in [0.5, 0.6) is 5.75 Å². The van der Waals surface area contributed by atoms with Crippen molar-refractivity contribution >= 4 is 22.9 Å². The van der Waals surface area contributed by atoms with E-state index in [0.29, 0.717) is 10.6 Å². The highest BCUT2D eigenvalue weighted by molar-refractivity contribution is 7.13. The lowest BCUT2D eigenvalue weighted by Gasteiger charge is -2.15. The van der Waals surface area contributed by atoms with Crippen molar-refractivity contribution in [3.8, 4) is 16.3 Å². The molecule has 0 aliphatic carbocycles. The normalized spacial score (nSPS) is 10.8. The number of aromatic nitrogens is 1. The van der Waals surface area contributed by atoms with Gasteiger partial charge in [-0.25, -0.2) is 18.2 Å². The summed E-state index contributed by atoms with van der Waals surface area (Å²) in [5, 5.41) is 1.95. The number of nitrogens with zero attached hydrogens (tertiary/aromatic N) is 2. The Morgan fingerprint density at radius 3 is 2.47 bits per heavy atom. The number of para-hydroxylation sites is 1. The molecule has 4 rings (SSSR count). The summed E-state index contributed by atoms with van der Waals surface area (Å²) in [6.45, 7) is -0.0439. The number of ether oxygens (including phenoxy) is 1. The first kappa shape index (κ1) is 21.6. The van der Waals surface area contributed by atoms with Crippen molar-refractivity contribution in [1.29, 1.82) is 0 Å². The molecule has 162 valence electrons. The third-order valence-corrected chi connectivity index (χ3v) is 5.61. The zero-order valence-electron chi connectivity index (χ0n) is 16.9. The van der Waals surface area contributed by atoms with Gasteiger partial charge in [0.25, 0.3) is 5.91 Å². The van der Waals surface area contributed by atoms with Gasteiger partial charge in [-0.05, 0) is 42.0 Å². The topological polar surface area (TPSA) is 42.4 Å². The minimum absolute atomic E-state index is 0.0439. The van der Waals surface area contributed by atoms with Crippen molar-refractivity contribution in [2.75, 3.05) is 11.9 Å². The maximum atomic E-state index is 14.7. The predicted molar refractivity (Wildman–Crippen MR) is 117 cm³/mol. The Hall–Kier alpha value is -3.65. The fourth-order valence-corrected chi connectivity index (χ4v) is 3.81. The van der Waals surface area contributed by atoms with Crippen LogP contribution >= 0.6 is 11.3 Å². The second kappa shape index (κ2) is 9.23. The van der Waals surface area contributed by atoms with E-state index in [-0.39, 0.29) is 29.5 Å². The van der Waals surface area contributed by atoms with Gasteiger partial charge in [0, 0.05) is 29.7 Å². The summed E-state index contributed by atoms with van der Waals surface area (Å²) in [7, 11) is 1.65. The maximum Gasteiger partial charge on any atom is 0.277 e. The summed E-state index contributed by atoms with van der Waals surface area (Å²) in [4.78, 5) is 18.5. The Bertz CT molecular complexity index is 1260. The second-order valence-corrected chi connectivity index (χ2v) is 7.77. The van der Waals surface area contributed by atoms with Gasteiger partial charge in [0.15, 0.2) is 11.6 Å². The molecule has 0 bridgehead atoms. The van der Waals surface area contributed by atoms with E-state index >= 15 is 0 Å². The van der Waals surface area contributed by atoms with Gasteiger partial charge >= 0.3 is 0 Å². The molecule has 0 saturated carbocycles. The average Bonchev–Trinajstić information content (AvgIpc) is 3.29. The van der Waals surface area contributed by atoms with E-state index in [9.17, 15) is 18.0 Å². The largest absolute Gasteiger partial charge is 0.489 e. The van der Waals surface area contributed by atoms with Gasteiger partial charge in [-0.15, -0.1) is 11.3 Å². The van der Waals surface area contributed by atoms with Crippen LogP contribution in [0.25, 0.3) is 10.6 Å². The molecule has 0 radical (unpaired) electrons. The van der Waals surface area contributed by atoms with Gasteiger partial charge in [-0.2, -0.15) is 0 Å². The molecular formula is C24H17F3N2O2S. The van der Waals surface area contributed by atoms with E-state index in [2.05, 4.69) is 4.98 Å². The molecular weight excluding hydrogens is 437 g/mol. The minimum atomic E-state index is -0.973. The molecule has 1 aromatic heterocycles. The number of carbonyl (C=O) groups excluding carboxylic acids is 1. The highest BCUT2D eigenvalue weighted by Gasteiger charge is 2.19. The lowest BCUT2D eigenvalue weighted by molar-refractivity contribution is 0.0989. The molecule has 0 atom stereocenters. The molecule has 0 spiro atoms. The summed E-state index contributed by atoms with van der Waals surface area (Å²) in [5.41, 5.74) is 1.59. The van der Waals surface area contributed by atoms with Gasteiger partial charge in [0.1, 0.15) is 28.9 Å². The highest BCUT2D eigenvalue weighted by atomic mass is 32.1. The van der Waals surface area contributed by atoms with E-state index in [1.807, 2.05) is 30.3 Å².